The SMILES string of the molecule is CS(=O)(=O)c1ccc([C@H](O)Cn2ccc(C(F)(F)F)n2)cc1. The third kappa shape index (κ3) is 3.86. The van der Waals surface area contributed by atoms with E-state index in [1.807, 2.05) is 0 Å². The second-order valence-corrected chi connectivity index (χ2v) is 6.79. The fraction of sp³-hybridized carbons (Fsp3) is 0.308. The van der Waals surface area contributed by atoms with E-state index in [-0.39, 0.29) is 11.4 Å². The molecule has 1 N–H and O–H groups in total. The molecule has 22 heavy (non-hydrogen) atoms. The Bertz CT molecular complexity index is 752. The minimum atomic E-state index is -4.53. The molecule has 9 heteroatoms. The van der Waals surface area contributed by atoms with E-state index in [1.54, 1.807) is 0 Å². The minimum absolute atomic E-state index is 0.0990. The van der Waals surface area contributed by atoms with Crippen molar-refractivity contribution in [3.63, 3.8) is 0 Å². The fourth-order valence-corrected chi connectivity index (χ4v) is 2.46. The van der Waals surface area contributed by atoms with Crippen molar-refractivity contribution in [2.45, 2.75) is 23.7 Å². The fourth-order valence-electron chi connectivity index (χ4n) is 1.83. The van der Waals surface area contributed by atoms with E-state index in [9.17, 15) is 26.7 Å². The zero-order valence-corrected chi connectivity index (χ0v) is 12.3. The van der Waals surface area contributed by atoms with Crippen molar-refractivity contribution in [3.05, 3.63) is 47.8 Å². The third-order valence-corrected chi connectivity index (χ3v) is 4.11. The summed E-state index contributed by atoms with van der Waals surface area (Å²) in [5.74, 6) is 0. The topological polar surface area (TPSA) is 72.2 Å². The van der Waals surface area contributed by atoms with Gasteiger partial charge in [-0.15, -0.1) is 0 Å². The lowest BCUT2D eigenvalue weighted by Gasteiger charge is -2.12. The highest BCUT2D eigenvalue weighted by molar-refractivity contribution is 7.90. The van der Waals surface area contributed by atoms with Gasteiger partial charge in [0.15, 0.2) is 15.5 Å². The van der Waals surface area contributed by atoms with Crippen LogP contribution in [0.25, 0.3) is 0 Å². The number of halogens is 3. The molecule has 0 aliphatic heterocycles. The molecule has 1 aromatic carbocycles. The van der Waals surface area contributed by atoms with E-state index in [1.165, 1.54) is 24.3 Å². The summed E-state index contributed by atoms with van der Waals surface area (Å²) in [6.45, 7) is -0.172. The first-order valence-electron chi connectivity index (χ1n) is 6.16. The van der Waals surface area contributed by atoms with Gasteiger partial charge in [-0.3, -0.25) is 4.68 Å². The molecule has 2 aromatic rings. The van der Waals surface area contributed by atoms with Gasteiger partial charge < -0.3 is 5.11 Å². The Hall–Kier alpha value is -1.87. The summed E-state index contributed by atoms with van der Waals surface area (Å²) in [7, 11) is -3.34. The lowest BCUT2D eigenvalue weighted by atomic mass is 10.1. The molecule has 0 saturated carbocycles. The molecule has 0 bridgehead atoms. The van der Waals surface area contributed by atoms with Gasteiger partial charge in [0.05, 0.1) is 17.5 Å². The molecule has 0 aliphatic carbocycles. The Morgan fingerprint density at radius 1 is 1.23 bits per heavy atom. The Morgan fingerprint density at radius 3 is 2.27 bits per heavy atom. The van der Waals surface area contributed by atoms with Crippen LogP contribution >= 0.6 is 0 Å². The van der Waals surface area contributed by atoms with Crippen molar-refractivity contribution < 1.29 is 26.7 Å². The lowest BCUT2D eigenvalue weighted by Crippen LogP contribution is -2.12. The molecular weight excluding hydrogens is 321 g/mol. The Labute approximate surface area is 124 Å². The van der Waals surface area contributed by atoms with Crippen LogP contribution in [0.1, 0.15) is 17.4 Å². The van der Waals surface area contributed by atoms with E-state index in [0.717, 1.165) is 23.2 Å². The number of aliphatic hydroxyl groups excluding tert-OH is 1. The molecule has 2 rings (SSSR count). The number of benzene rings is 1. The predicted octanol–water partition coefficient (Wildman–Crippen LogP) is 2.04. The van der Waals surface area contributed by atoms with Gasteiger partial charge in [-0.1, -0.05) is 12.1 Å². The Kier molecular flexibility index (Phi) is 4.30. The van der Waals surface area contributed by atoms with Gasteiger partial charge in [-0.2, -0.15) is 18.3 Å². The average Bonchev–Trinajstić information content (AvgIpc) is 2.86. The first-order chi connectivity index (χ1) is 10.1. The number of hydrogen-bond acceptors (Lipinski definition) is 4. The number of aliphatic hydroxyl groups is 1. The van der Waals surface area contributed by atoms with Crippen LogP contribution in [0.15, 0.2) is 41.4 Å². The summed E-state index contributed by atoms with van der Waals surface area (Å²) in [5.41, 5.74) is -0.649. The van der Waals surface area contributed by atoms with E-state index < -0.39 is 27.8 Å². The summed E-state index contributed by atoms with van der Waals surface area (Å²) < 4.78 is 60.9. The summed E-state index contributed by atoms with van der Waals surface area (Å²) in [5, 5.41) is 13.3. The molecule has 1 aromatic heterocycles. The van der Waals surface area contributed by atoms with Gasteiger partial charge in [-0.25, -0.2) is 8.42 Å². The normalized spacial score (nSPS) is 14.0. The molecule has 0 aliphatic rings. The van der Waals surface area contributed by atoms with E-state index in [2.05, 4.69) is 5.10 Å². The van der Waals surface area contributed by atoms with Gasteiger partial charge in [0.2, 0.25) is 0 Å². The largest absolute Gasteiger partial charge is 0.435 e. The van der Waals surface area contributed by atoms with E-state index in [4.69, 9.17) is 0 Å². The number of hydrogen-bond donors (Lipinski definition) is 1. The average molecular weight is 334 g/mol. The molecule has 0 spiro atoms. The van der Waals surface area contributed by atoms with Crippen LogP contribution in [0.3, 0.4) is 0 Å². The molecule has 120 valence electrons. The maximum absolute atomic E-state index is 12.4. The van der Waals surface area contributed by atoms with Crippen molar-refractivity contribution in [3.8, 4) is 0 Å². The third-order valence-electron chi connectivity index (χ3n) is 2.98. The Balaban J connectivity index is 2.12. The van der Waals surface area contributed by atoms with Crippen molar-refractivity contribution >= 4 is 9.84 Å². The molecule has 0 fully saturated rings. The highest BCUT2D eigenvalue weighted by atomic mass is 32.2. The zero-order chi connectivity index (χ0) is 16.5. The molecule has 5 nitrogen and oxygen atoms in total. The van der Waals surface area contributed by atoms with Crippen LogP contribution in [0.4, 0.5) is 13.2 Å². The first-order valence-corrected chi connectivity index (χ1v) is 8.05. The van der Waals surface area contributed by atoms with Gasteiger partial charge in [0, 0.05) is 12.5 Å². The number of rotatable bonds is 4. The summed E-state index contributed by atoms with van der Waals surface area (Å²) in [6, 6.07) is 6.31. The standard InChI is InChI=1S/C13H13F3N2O3S/c1-22(20,21)10-4-2-9(3-5-10)11(19)8-18-7-6-12(17-18)13(14,15)16/h2-7,11,19H,8H2,1H3/t11-/m1/s1. The van der Waals surface area contributed by atoms with Gasteiger partial charge in [0.1, 0.15) is 0 Å². The maximum atomic E-state index is 12.4. The molecule has 0 radical (unpaired) electrons. The summed E-state index contributed by atoms with van der Waals surface area (Å²) in [6.07, 6.45) is -3.46. The first kappa shape index (κ1) is 16.5. The number of sulfone groups is 1. The lowest BCUT2D eigenvalue weighted by molar-refractivity contribution is -0.141. The number of nitrogens with zero attached hydrogens (tertiary/aromatic N) is 2. The molecule has 1 atom stereocenters. The quantitative estimate of drug-likeness (QED) is 0.929. The second kappa shape index (κ2) is 5.73. The molecule has 1 heterocycles. The highest BCUT2D eigenvalue weighted by Crippen LogP contribution is 2.27. The van der Waals surface area contributed by atoms with Crippen molar-refractivity contribution in [1.82, 2.24) is 9.78 Å². The van der Waals surface area contributed by atoms with Crippen LogP contribution in [0, 0.1) is 0 Å². The van der Waals surface area contributed by atoms with Crippen LogP contribution in [0.5, 0.6) is 0 Å². The van der Waals surface area contributed by atoms with Crippen LogP contribution < -0.4 is 0 Å². The minimum Gasteiger partial charge on any atom is -0.386 e. The predicted molar refractivity (Wildman–Crippen MR) is 71.7 cm³/mol. The van der Waals surface area contributed by atoms with Crippen LogP contribution in [-0.2, 0) is 22.6 Å². The van der Waals surface area contributed by atoms with Crippen molar-refractivity contribution in [1.29, 1.82) is 0 Å². The maximum Gasteiger partial charge on any atom is 0.435 e. The van der Waals surface area contributed by atoms with E-state index in [0.29, 0.717) is 5.56 Å². The highest BCUT2D eigenvalue weighted by Gasteiger charge is 2.33. The molecule has 0 amide bonds. The zero-order valence-electron chi connectivity index (χ0n) is 11.4. The van der Waals surface area contributed by atoms with Gasteiger partial charge >= 0.3 is 6.18 Å². The van der Waals surface area contributed by atoms with Crippen LogP contribution in [-0.4, -0.2) is 29.6 Å². The van der Waals surface area contributed by atoms with Crippen molar-refractivity contribution in [2.24, 2.45) is 0 Å². The molecule has 0 saturated heterocycles. The Morgan fingerprint density at radius 2 is 1.82 bits per heavy atom. The van der Waals surface area contributed by atoms with E-state index >= 15 is 0 Å². The summed E-state index contributed by atoms with van der Waals surface area (Å²) >= 11 is 0. The molecular formula is C13H13F3N2O3S. The number of alkyl halides is 3. The monoisotopic (exact) mass is 334 g/mol. The second-order valence-electron chi connectivity index (χ2n) is 4.78. The van der Waals surface area contributed by atoms with Crippen molar-refractivity contribution in [2.75, 3.05) is 6.26 Å². The van der Waals surface area contributed by atoms with Gasteiger partial charge in [-0.05, 0) is 23.8 Å². The van der Waals surface area contributed by atoms with Gasteiger partial charge in [0.25, 0.3) is 0 Å². The molecule has 0 unspecified atom stereocenters. The smallest absolute Gasteiger partial charge is 0.386 e. The number of aromatic nitrogens is 2. The van der Waals surface area contributed by atoms with Crippen LogP contribution in [0.2, 0.25) is 0 Å². The summed E-state index contributed by atoms with van der Waals surface area (Å²) in [4.78, 5) is 0.0990.